The molecule has 0 unspecified atom stereocenters. The van der Waals surface area contributed by atoms with Crippen LogP contribution in [0.2, 0.25) is 0 Å². The molecule has 0 aliphatic carbocycles. The molecule has 90 valence electrons. The lowest BCUT2D eigenvalue weighted by molar-refractivity contribution is 0.833. The molecule has 0 bridgehead atoms. The minimum Gasteiger partial charge on any atom is -0.343 e. The summed E-state index contributed by atoms with van der Waals surface area (Å²) < 4.78 is 4.54. The quantitative estimate of drug-likeness (QED) is 0.587. The van der Waals surface area contributed by atoms with Crippen molar-refractivity contribution in [3.8, 4) is 0 Å². The first-order valence-electron chi connectivity index (χ1n) is 5.72. The van der Waals surface area contributed by atoms with Crippen molar-refractivity contribution in [1.82, 2.24) is 4.57 Å². The summed E-state index contributed by atoms with van der Waals surface area (Å²) in [5, 5.41) is 1.26. The molecule has 0 fully saturated rings. The number of hydrogen-bond acceptors (Lipinski definition) is 0. The largest absolute Gasteiger partial charge is 0.343 e. The maximum Gasteiger partial charge on any atom is 0.0487 e. The molecule has 18 heavy (non-hydrogen) atoms. The molecule has 0 saturated carbocycles. The van der Waals surface area contributed by atoms with Crippen molar-refractivity contribution in [2.45, 2.75) is 6.54 Å². The van der Waals surface area contributed by atoms with Crippen LogP contribution in [-0.4, -0.2) is 4.57 Å². The van der Waals surface area contributed by atoms with E-state index in [2.05, 4.69) is 85.1 Å². The molecule has 0 saturated heterocycles. The van der Waals surface area contributed by atoms with Gasteiger partial charge in [0.2, 0.25) is 0 Å². The molecule has 0 radical (unpaired) electrons. The van der Waals surface area contributed by atoms with Gasteiger partial charge >= 0.3 is 0 Å². The van der Waals surface area contributed by atoms with Gasteiger partial charge in [-0.2, -0.15) is 0 Å². The number of rotatable bonds is 2. The van der Waals surface area contributed by atoms with Crippen LogP contribution in [0.1, 0.15) is 5.56 Å². The van der Waals surface area contributed by atoms with E-state index in [9.17, 15) is 0 Å². The second-order valence-electron chi connectivity index (χ2n) is 4.24. The fourth-order valence-electron chi connectivity index (χ4n) is 2.12. The van der Waals surface area contributed by atoms with Gasteiger partial charge in [-0.3, -0.25) is 0 Å². The highest BCUT2D eigenvalue weighted by molar-refractivity contribution is 9.10. The van der Waals surface area contributed by atoms with Gasteiger partial charge in [0.15, 0.2) is 0 Å². The molecule has 0 atom stereocenters. The minimum absolute atomic E-state index is 0.882. The Kier molecular flexibility index (Phi) is 3.27. The van der Waals surface area contributed by atoms with E-state index in [0.29, 0.717) is 0 Å². The number of benzene rings is 2. The van der Waals surface area contributed by atoms with Gasteiger partial charge in [-0.15, -0.1) is 0 Å². The highest BCUT2D eigenvalue weighted by Crippen LogP contribution is 2.23. The number of halogens is 2. The predicted molar refractivity (Wildman–Crippen MR) is 82.9 cm³/mol. The SMILES string of the molecule is Brc1ccc2c(ccn2Cc2ccccc2Br)c1. The Hall–Kier alpha value is -1.06. The third-order valence-electron chi connectivity index (χ3n) is 3.03. The van der Waals surface area contributed by atoms with Gasteiger partial charge in [-0.05, 0) is 35.9 Å². The van der Waals surface area contributed by atoms with Crippen molar-refractivity contribution < 1.29 is 0 Å². The van der Waals surface area contributed by atoms with Gasteiger partial charge in [0.1, 0.15) is 0 Å². The van der Waals surface area contributed by atoms with Crippen LogP contribution in [0, 0.1) is 0 Å². The van der Waals surface area contributed by atoms with Crippen molar-refractivity contribution in [3.05, 3.63) is 69.2 Å². The summed E-state index contributed by atoms with van der Waals surface area (Å²) in [6.45, 7) is 0.882. The van der Waals surface area contributed by atoms with Crippen LogP contribution in [0.5, 0.6) is 0 Å². The smallest absolute Gasteiger partial charge is 0.0487 e. The average Bonchev–Trinajstić information content (AvgIpc) is 2.74. The Morgan fingerprint density at radius 2 is 1.78 bits per heavy atom. The van der Waals surface area contributed by atoms with Crippen LogP contribution < -0.4 is 0 Å². The van der Waals surface area contributed by atoms with E-state index >= 15 is 0 Å². The number of hydrogen-bond donors (Lipinski definition) is 0. The van der Waals surface area contributed by atoms with E-state index in [-0.39, 0.29) is 0 Å². The van der Waals surface area contributed by atoms with E-state index < -0.39 is 0 Å². The Balaban J connectivity index is 2.03. The van der Waals surface area contributed by atoms with E-state index in [1.807, 2.05) is 6.07 Å². The molecule has 1 heterocycles. The monoisotopic (exact) mass is 363 g/mol. The Morgan fingerprint density at radius 1 is 0.944 bits per heavy atom. The van der Waals surface area contributed by atoms with Crippen LogP contribution in [0.25, 0.3) is 10.9 Å². The molecule has 3 rings (SSSR count). The van der Waals surface area contributed by atoms with Crippen molar-refractivity contribution in [1.29, 1.82) is 0 Å². The fourth-order valence-corrected chi connectivity index (χ4v) is 2.91. The Labute approximate surface area is 123 Å². The van der Waals surface area contributed by atoms with Crippen molar-refractivity contribution in [2.75, 3.05) is 0 Å². The summed E-state index contributed by atoms with van der Waals surface area (Å²) in [5.41, 5.74) is 2.55. The second-order valence-corrected chi connectivity index (χ2v) is 6.01. The van der Waals surface area contributed by atoms with Crippen molar-refractivity contribution in [3.63, 3.8) is 0 Å². The molecule has 0 amide bonds. The Morgan fingerprint density at radius 3 is 2.61 bits per heavy atom. The highest BCUT2D eigenvalue weighted by Gasteiger charge is 2.04. The van der Waals surface area contributed by atoms with Crippen LogP contribution in [-0.2, 0) is 6.54 Å². The molecule has 3 heteroatoms. The molecule has 0 N–H and O–H groups in total. The van der Waals surface area contributed by atoms with Gasteiger partial charge in [-0.25, -0.2) is 0 Å². The number of aromatic nitrogens is 1. The normalized spacial score (nSPS) is 11.0. The van der Waals surface area contributed by atoms with Crippen LogP contribution >= 0.6 is 31.9 Å². The summed E-state index contributed by atoms with van der Waals surface area (Å²) in [6.07, 6.45) is 2.14. The van der Waals surface area contributed by atoms with Gasteiger partial charge < -0.3 is 4.57 Å². The first-order chi connectivity index (χ1) is 8.74. The Bertz CT molecular complexity index is 701. The lowest BCUT2D eigenvalue weighted by atomic mass is 10.2. The van der Waals surface area contributed by atoms with Gasteiger partial charge in [0, 0.05) is 32.6 Å². The van der Waals surface area contributed by atoms with E-state index in [1.54, 1.807) is 0 Å². The molecule has 3 aromatic rings. The van der Waals surface area contributed by atoms with Gasteiger partial charge in [0.25, 0.3) is 0 Å². The summed E-state index contributed by atoms with van der Waals surface area (Å²) in [7, 11) is 0. The molecule has 1 aromatic heterocycles. The molecule has 2 aromatic carbocycles. The zero-order chi connectivity index (χ0) is 12.5. The molecule has 0 aliphatic heterocycles. The fraction of sp³-hybridized carbons (Fsp3) is 0.0667. The van der Waals surface area contributed by atoms with Crippen LogP contribution in [0.3, 0.4) is 0 Å². The maximum absolute atomic E-state index is 3.60. The first kappa shape index (κ1) is 12.0. The van der Waals surface area contributed by atoms with Gasteiger partial charge in [-0.1, -0.05) is 50.1 Å². The standard InChI is InChI=1S/C15H11Br2N/c16-13-5-6-15-11(9-13)7-8-18(15)10-12-3-1-2-4-14(12)17/h1-9H,10H2. The van der Waals surface area contributed by atoms with Crippen molar-refractivity contribution in [2.24, 2.45) is 0 Å². The summed E-state index contributed by atoms with van der Waals surface area (Å²) >= 11 is 7.10. The second kappa shape index (κ2) is 4.90. The third-order valence-corrected chi connectivity index (χ3v) is 4.30. The third kappa shape index (κ3) is 2.25. The molecule has 1 nitrogen and oxygen atoms in total. The molecule has 0 spiro atoms. The van der Waals surface area contributed by atoms with E-state index in [1.165, 1.54) is 16.5 Å². The zero-order valence-electron chi connectivity index (χ0n) is 9.61. The summed E-state index contributed by atoms with van der Waals surface area (Å²) in [6, 6.07) is 16.9. The van der Waals surface area contributed by atoms with Crippen LogP contribution in [0.4, 0.5) is 0 Å². The van der Waals surface area contributed by atoms with Crippen molar-refractivity contribution >= 4 is 42.8 Å². The molecule has 0 aliphatic rings. The maximum atomic E-state index is 3.60. The summed E-state index contributed by atoms with van der Waals surface area (Å²) in [4.78, 5) is 0. The van der Waals surface area contributed by atoms with Gasteiger partial charge in [0.05, 0.1) is 0 Å². The molecular weight excluding hydrogens is 354 g/mol. The highest BCUT2D eigenvalue weighted by atomic mass is 79.9. The van der Waals surface area contributed by atoms with E-state index in [0.717, 1.165) is 15.5 Å². The predicted octanol–water partition coefficient (Wildman–Crippen LogP) is 5.21. The minimum atomic E-state index is 0.882. The topological polar surface area (TPSA) is 4.93 Å². The first-order valence-corrected chi connectivity index (χ1v) is 7.30. The van der Waals surface area contributed by atoms with Crippen LogP contribution in [0.15, 0.2) is 63.7 Å². The average molecular weight is 365 g/mol. The molecular formula is C15H11Br2N. The number of nitrogens with zero attached hydrogens (tertiary/aromatic N) is 1. The van der Waals surface area contributed by atoms with E-state index in [4.69, 9.17) is 0 Å². The lowest BCUT2D eigenvalue weighted by Gasteiger charge is -2.07. The number of fused-ring (bicyclic) bond motifs is 1. The zero-order valence-corrected chi connectivity index (χ0v) is 12.8. The lowest BCUT2D eigenvalue weighted by Crippen LogP contribution is -1.98. The summed E-state index contributed by atoms with van der Waals surface area (Å²) in [5.74, 6) is 0.